The van der Waals surface area contributed by atoms with Crippen molar-refractivity contribution < 1.29 is 0 Å². The van der Waals surface area contributed by atoms with Crippen LogP contribution in [0.2, 0.25) is 0 Å². The second-order valence-corrected chi connectivity index (χ2v) is 5.96. The van der Waals surface area contributed by atoms with Gasteiger partial charge in [0, 0.05) is 23.8 Å². The SMILES string of the molecule is CCCC1CCCCN1c1cc(C)ccc1C(N)=S. The largest absolute Gasteiger partial charge is 0.389 e. The summed E-state index contributed by atoms with van der Waals surface area (Å²) in [5.41, 5.74) is 9.44. The van der Waals surface area contributed by atoms with Gasteiger partial charge in [-0.3, -0.25) is 0 Å². The minimum absolute atomic E-state index is 0.510. The van der Waals surface area contributed by atoms with Crippen molar-refractivity contribution in [3.63, 3.8) is 0 Å². The third-order valence-corrected chi connectivity index (χ3v) is 4.20. The molecule has 0 aliphatic carbocycles. The van der Waals surface area contributed by atoms with Gasteiger partial charge in [-0.05, 0) is 50.3 Å². The zero-order chi connectivity index (χ0) is 13.8. The summed E-state index contributed by atoms with van der Waals surface area (Å²) in [5, 5.41) is 0. The molecule has 1 atom stereocenters. The van der Waals surface area contributed by atoms with Crippen LogP contribution < -0.4 is 10.6 Å². The van der Waals surface area contributed by atoms with Gasteiger partial charge in [0.15, 0.2) is 0 Å². The molecule has 104 valence electrons. The summed E-state index contributed by atoms with van der Waals surface area (Å²) in [6.45, 7) is 5.52. The summed E-state index contributed by atoms with van der Waals surface area (Å²) in [4.78, 5) is 3.05. The Morgan fingerprint density at radius 3 is 2.89 bits per heavy atom. The summed E-state index contributed by atoms with van der Waals surface area (Å²) in [6.07, 6.45) is 6.39. The zero-order valence-corrected chi connectivity index (χ0v) is 12.8. The van der Waals surface area contributed by atoms with Gasteiger partial charge in [0.1, 0.15) is 4.99 Å². The lowest BCUT2D eigenvalue weighted by atomic mass is 9.96. The van der Waals surface area contributed by atoms with Gasteiger partial charge in [-0.1, -0.05) is 31.6 Å². The first kappa shape index (κ1) is 14.3. The van der Waals surface area contributed by atoms with E-state index in [4.69, 9.17) is 18.0 Å². The number of nitrogens with two attached hydrogens (primary N) is 1. The molecule has 1 aromatic carbocycles. The first-order valence-corrected chi connectivity index (χ1v) is 7.71. The fourth-order valence-corrected chi connectivity index (χ4v) is 3.21. The molecule has 19 heavy (non-hydrogen) atoms. The molecule has 0 spiro atoms. The van der Waals surface area contributed by atoms with E-state index in [9.17, 15) is 0 Å². The highest BCUT2D eigenvalue weighted by Crippen LogP contribution is 2.30. The Hall–Kier alpha value is -1.09. The van der Waals surface area contributed by atoms with Crippen LogP contribution in [-0.2, 0) is 0 Å². The van der Waals surface area contributed by atoms with Crippen LogP contribution in [-0.4, -0.2) is 17.6 Å². The van der Waals surface area contributed by atoms with Crippen LogP contribution in [0, 0.1) is 6.92 Å². The van der Waals surface area contributed by atoms with E-state index < -0.39 is 0 Å². The summed E-state index contributed by atoms with van der Waals surface area (Å²) in [5.74, 6) is 0. The number of nitrogens with zero attached hydrogens (tertiary/aromatic N) is 1. The van der Waals surface area contributed by atoms with E-state index in [-0.39, 0.29) is 0 Å². The minimum atomic E-state index is 0.510. The number of benzene rings is 1. The third-order valence-electron chi connectivity index (χ3n) is 3.98. The molecule has 1 saturated heterocycles. The lowest BCUT2D eigenvalue weighted by Gasteiger charge is -2.39. The maximum absolute atomic E-state index is 5.90. The Kier molecular flexibility index (Phi) is 4.81. The molecule has 3 heteroatoms. The van der Waals surface area contributed by atoms with Crippen LogP contribution in [0.3, 0.4) is 0 Å². The second kappa shape index (κ2) is 6.38. The molecule has 1 aromatic rings. The first-order valence-electron chi connectivity index (χ1n) is 7.30. The van der Waals surface area contributed by atoms with Crippen molar-refractivity contribution in [2.75, 3.05) is 11.4 Å². The molecule has 1 unspecified atom stereocenters. The fourth-order valence-electron chi connectivity index (χ4n) is 3.04. The maximum Gasteiger partial charge on any atom is 0.106 e. The number of rotatable bonds is 4. The molecule has 1 aliphatic rings. The van der Waals surface area contributed by atoms with E-state index in [0.717, 1.165) is 12.1 Å². The van der Waals surface area contributed by atoms with Gasteiger partial charge < -0.3 is 10.6 Å². The van der Waals surface area contributed by atoms with Crippen LogP contribution in [0.15, 0.2) is 18.2 Å². The second-order valence-electron chi connectivity index (χ2n) is 5.52. The molecule has 1 aliphatic heterocycles. The Labute approximate surface area is 122 Å². The van der Waals surface area contributed by atoms with Crippen LogP contribution in [0.25, 0.3) is 0 Å². The van der Waals surface area contributed by atoms with Crippen molar-refractivity contribution in [2.24, 2.45) is 5.73 Å². The van der Waals surface area contributed by atoms with Crippen LogP contribution in [0.1, 0.15) is 50.2 Å². The topological polar surface area (TPSA) is 29.3 Å². The van der Waals surface area contributed by atoms with Gasteiger partial charge in [-0.15, -0.1) is 0 Å². The Morgan fingerprint density at radius 2 is 2.21 bits per heavy atom. The van der Waals surface area contributed by atoms with E-state index in [1.165, 1.54) is 43.4 Å². The molecule has 0 bridgehead atoms. The average molecular weight is 276 g/mol. The molecule has 2 N–H and O–H groups in total. The summed E-state index contributed by atoms with van der Waals surface area (Å²) < 4.78 is 0. The maximum atomic E-state index is 5.90. The van der Waals surface area contributed by atoms with Gasteiger partial charge in [-0.2, -0.15) is 0 Å². The molecular formula is C16H24N2S. The highest BCUT2D eigenvalue weighted by molar-refractivity contribution is 7.80. The smallest absolute Gasteiger partial charge is 0.106 e. The predicted octanol–water partition coefficient (Wildman–Crippen LogP) is 3.79. The number of anilines is 1. The van der Waals surface area contributed by atoms with Crippen LogP contribution >= 0.6 is 12.2 Å². The highest BCUT2D eigenvalue weighted by Gasteiger charge is 2.24. The summed E-state index contributed by atoms with van der Waals surface area (Å²) >= 11 is 5.22. The Bertz CT molecular complexity index is 454. The molecule has 1 fully saturated rings. The Balaban J connectivity index is 2.37. The van der Waals surface area contributed by atoms with E-state index in [2.05, 4.69) is 36.9 Å². The van der Waals surface area contributed by atoms with Gasteiger partial charge in [0.2, 0.25) is 0 Å². The third kappa shape index (κ3) is 3.27. The normalized spacial score (nSPS) is 19.5. The standard InChI is InChI=1S/C16H24N2S/c1-3-6-13-7-4-5-10-18(13)15-11-12(2)8-9-14(15)16(17)19/h8-9,11,13H,3-7,10H2,1-2H3,(H2,17,19). The van der Waals surface area contributed by atoms with Crippen molar-refractivity contribution in [3.8, 4) is 0 Å². The van der Waals surface area contributed by atoms with Gasteiger partial charge in [-0.25, -0.2) is 0 Å². The minimum Gasteiger partial charge on any atom is -0.389 e. The van der Waals surface area contributed by atoms with E-state index in [1.54, 1.807) is 0 Å². The highest BCUT2D eigenvalue weighted by atomic mass is 32.1. The van der Waals surface area contributed by atoms with Crippen LogP contribution in [0.4, 0.5) is 5.69 Å². The molecule has 0 saturated carbocycles. The molecule has 0 amide bonds. The average Bonchev–Trinajstić information content (AvgIpc) is 2.39. The molecule has 0 radical (unpaired) electrons. The van der Waals surface area contributed by atoms with Crippen molar-refractivity contribution in [1.82, 2.24) is 0 Å². The molecule has 0 aromatic heterocycles. The lowest BCUT2D eigenvalue weighted by Crippen LogP contribution is -2.40. The van der Waals surface area contributed by atoms with Gasteiger partial charge in [0.25, 0.3) is 0 Å². The number of thiocarbonyl (C=S) groups is 1. The summed E-state index contributed by atoms with van der Waals surface area (Å²) in [7, 11) is 0. The molecular weight excluding hydrogens is 252 g/mol. The monoisotopic (exact) mass is 276 g/mol. The van der Waals surface area contributed by atoms with Crippen molar-refractivity contribution >= 4 is 22.9 Å². The fraction of sp³-hybridized carbons (Fsp3) is 0.562. The zero-order valence-electron chi connectivity index (χ0n) is 12.0. The number of aryl methyl sites for hydroxylation is 1. The number of hydrogen-bond acceptors (Lipinski definition) is 2. The van der Waals surface area contributed by atoms with Gasteiger partial charge >= 0.3 is 0 Å². The Morgan fingerprint density at radius 1 is 1.42 bits per heavy atom. The van der Waals surface area contributed by atoms with Gasteiger partial charge in [0.05, 0.1) is 0 Å². The number of hydrogen-bond donors (Lipinski definition) is 1. The van der Waals surface area contributed by atoms with Crippen LogP contribution in [0.5, 0.6) is 0 Å². The summed E-state index contributed by atoms with van der Waals surface area (Å²) in [6, 6.07) is 7.05. The molecule has 2 rings (SSSR count). The van der Waals surface area contributed by atoms with E-state index in [1.807, 2.05) is 0 Å². The van der Waals surface area contributed by atoms with Crippen molar-refractivity contribution in [2.45, 2.75) is 52.0 Å². The molecule has 2 nitrogen and oxygen atoms in total. The van der Waals surface area contributed by atoms with E-state index in [0.29, 0.717) is 11.0 Å². The lowest BCUT2D eigenvalue weighted by molar-refractivity contribution is 0.434. The van der Waals surface area contributed by atoms with Crippen molar-refractivity contribution in [3.05, 3.63) is 29.3 Å². The first-order chi connectivity index (χ1) is 9.13. The predicted molar refractivity (Wildman–Crippen MR) is 87.0 cm³/mol. The molecule has 1 heterocycles. The quantitative estimate of drug-likeness (QED) is 0.848. The number of piperidine rings is 1. The van der Waals surface area contributed by atoms with E-state index >= 15 is 0 Å². The van der Waals surface area contributed by atoms with Crippen molar-refractivity contribution in [1.29, 1.82) is 0 Å².